The van der Waals surface area contributed by atoms with Gasteiger partial charge in [0, 0.05) is 19.1 Å². The van der Waals surface area contributed by atoms with Crippen LogP contribution in [0.25, 0.3) is 0 Å². The van der Waals surface area contributed by atoms with Crippen molar-refractivity contribution in [2.45, 2.75) is 44.6 Å². The van der Waals surface area contributed by atoms with E-state index in [1.54, 1.807) is 7.05 Å². The van der Waals surface area contributed by atoms with Crippen LogP contribution in [-0.2, 0) is 10.0 Å². The van der Waals surface area contributed by atoms with Crippen molar-refractivity contribution in [3.8, 4) is 0 Å². The standard InChI is InChI=1S/C10H22N2O2S/c1-3-8-15(13,14)12(2)10(9-11)6-4-5-7-10/h3-9,11H2,1-2H3. The zero-order valence-electron chi connectivity index (χ0n) is 9.70. The SMILES string of the molecule is CCCS(=O)(=O)N(C)C1(CN)CCCC1. The Morgan fingerprint density at radius 2 is 1.87 bits per heavy atom. The quantitative estimate of drug-likeness (QED) is 0.769. The summed E-state index contributed by atoms with van der Waals surface area (Å²) in [7, 11) is -1.43. The molecule has 1 saturated carbocycles. The van der Waals surface area contributed by atoms with Crippen LogP contribution in [0.5, 0.6) is 0 Å². The molecule has 1 fully saturated rings. The van der Waals surface area contributed by atoms with E-state index < -0.39 is 10.0 Å². The van der Waals surface area contributed by atoms with Crippen molar-refractivity contribution in [1.29, 1.82) is 0 Å². The molecule has 5 heteroatoms. The van der Waals surface area contributed by atoms with E-state index in [2.05, 4.69) is 0 Å². The van der Waals surface area contributed by atoms with E-state index >= 15 is 0 Å². The Hall–Kier alpha value is -0.130. The minimum absolute atomic E-state index is 0.227. The van der Waals surface area contributed by atoms with Crippen LogP contribution in [0.3, 0.4) is 0 Å². The molecule has 0 atom stereocenters. The number of sulfonamides is 1. The van der Waals surface area contributed by atoms with Gasteiger partial charge in [0.25, 0.3) is 0 Å². The second kappa shape index (κ2) is 4.80. The maximum Gasteiger partial charge on any atom is 0.214 e. The minimum atomic E-state index is -3.11. The molecule has 0 aromatic carbocycles. The van der Waals surface area contributed by atoms with E-state index in [1.807, 2.05) is 6.92 Å². The van der Waals surface area contributed by atoms with Gasteiger partial charge in [0.1, 0.15) is 0 Å². The van der Waals surface area contributed by atoms with Crippen molar-refractivity contribution in [2.24, 2.45) is 5.73 Å². The van der Waals surface area contributed by atoms with Gasteiger partial charge in [-0.15, -0.1) is 0 Å². The van der Waals surface area contributed by atoms with Crippen LogP contribution < -0.4 is 5.73 Å². The molecule has 0 aromatic heterocycles. The first-order valence-electron chi connectivity index (χ1n) is 5.65. The molecule has 1 rings (SSSR count). The monoisotopic (exact) mass is 234 g/mol. The lowest BCUT2D eigenvalue weighted by Crippen LogP contribution is -2.53. The molecule has 90 valence electrons. The molecule has 2 N–H and O–H groups in total. The fraction of sp³-hybridized carbons (Fsp3) is 1.00. The summed E-state index contributed by atoms with van der Waals surface area (Å²) >= 11 is 0. The average Bonchev–Trinajstić information content (AvgIpc) is 2.66. The molecule has 0 aromatic rings. The molecule has 0 unspecified atom stereocenters. The van der Waals surface area contributed by atoms with E-state index in [0.717, 1.165) is 25.7 Å². The van der Waals surface area contributed by atoms with E-state index in [9.17, 15) is 8.42 Å². The van der Waals surface area contributed by atoms with E-state index in [4.69, 9.17) is 5.73 Å². The molecular formula is C10H22N2O2S. The maximum atomic E-state index is 12.0. The fourth-order valence-electron chi connectivity index (χ4n) is 2.37. The van der Waals surface area contributed by atoms with Crippen LogP contribution in [-0.4, -0.2) is 37.6 Å². The third-order valence-electron chi connectivity index (χ3n) is 3.46. The van der Waals surface area contributed by atoms with Crippen LogP contribution in [0.15, 0.2) is 0 Å². The van der Waals surface area contributed by atoms with Crippen molar-refractivity contribution in [3.05, 3.63) is 0 Å². The van der Waals surface area contributed by atoms with Gasteiger partial charge >= 0.3 is 0 Å². The highest BCUT2D eigenvalue weighted by molar-refractivity contribution is 7.89. The van der Waals surface area contributed by atoms with Gasteiger partial charge in [-0.25, -0.2) is 8.42 Å². The van der Waals surface area contributed by atoms with Gasteiger partial charge in [0.05, 0.1) is 5.75 Å². The smallest absolute Gasteiger partial charge is 0.214 e. The van der Waals surface area contributed by atoms with Gasteiger partial charge in [0.15, 0.2) is 0 Å². The van der Waals surface area contributed by atoms with Crippen molar-refractivity contribution in [3.63, 3.8) is 0 Å². The lowest BCUT2D eigenvalue weighted by molar-refractivity contribution is 0.230. The van der Waals surface area contributed by atoms with Crippen LogP contribution in [0.4, 0.5) is 0 Å². The van der Waals surface area contributed by atoms with Crippen LogP contribution in [0.1, 0.15) is 39.0 Å². The highest BCUT2D eigenvalue weighted by Gasteiger charge is 2.41. The normalized spacial score (nSPS) is 21.1. The molecule has 0 radical (unpaired) electrons. The van der Waals surface area contributed by atoms with Crippen LogP contribution >= 0.6 is 0 Å². The second-order valence-corrected chi connectivity index (χ2v) is 6.54. The predicted octanol–water partition coefficient (Wildman–Crippen LogP) is 0.929. The Morgan fingerprint density at radius 1 is 1.33 bits per heavy atom. The highest BCUT2D eigenvalue weighted by atomic mass is 32.2. The van der Waals surface area contributed by atoms with E-state index in [0.29, 0.717) is 13.0 Å². The Kier molecular flexibility index (Phi) is 4.14. The first-order chi connectivity index (χ1) is 6.98. The summed E-state index contributed by atoms with van der Waals surface area (Å²) in [5.41, 5.74) is 5.46. The zero-order chi connectivity index (χ0) is 11.5. The first-order valence-corrected chi connectivity index (χ1v) is 7.26. The first kappa shape index (κ1) is 12.9. The van der Waals surface area contributed by atoms with Gasteiger partial charge in [-0.3, -0.25) is 0 Å². The molecule has 0 aliphatic heterocycles. The Labute approximate surface area is 92.9 Å². The lowest BCUT2D eigenvalue weighted by Gasteiger charge is -2.36. The van der Waals surface area contributed by atoms with Crippen LogP contribution in [0, 0.1) is 0 Å². The molecule has 0 spiro atoms. The summed E-state index contributed by atoms with van der Waals surface area (Å²) < 4.78 is 25.4. The number of hydrogen-bond donors (Lipinski definition) is 1. The molecule has 4 nitrogen and oxygen atoms in total. The summed E-state index contributed by atoms with van der Waals surface area (Å²) in [6.07, 6.45) is 4.64. The molecule has 1 aliphatic carbocycles. The lowest BCUT2D eigenvalue weighted by atomic mass is 9.98. The Balaban J connectivity index is 2.86. The van der Waals surface area contributed by atoms with Gasteiger partial charge in [0.2, 0.25) is 10.0 Å². The van der Waals surface area contributed by atoms with E-state index in [1.165, 1.54) is 4.31 Å². The Morgan fingerprint density at radius 3 is 2.27 bits per heavy atom. The summed E-state index contributed by atoms with van der Waals surface area (Å²) in [5, 5.41) is 0. The topological polar surface area (TPSA) is 63.4 Å². The van der Waals surface area contributed by atoms with E-state index in [-0.39, 0.29) is 11.3 Å². The minimum Gasteiger partial charge on any atom is -0.329 e. The van der Waals surface area contributed by atoms with Crippen LogP contribution in [0.2, 0.25) is 0 Å². The number of likely N-dealkylation sites (N-methyl/N-ethyl adjacent to an activating group) is 1. The second-order valence-electron chi connectivity index (χ2n) is 4.42. The highest BCUT2D eigenvalue weighted by Crippen LogP contribution is 2.35. The molecule has 15 heavy (non-hydrogen) atoms. The molecule has 0 heterocycles. The number of hydrogen-bond acceptors (Lipinski definition) is 3. The summed E-state index contributed by atoms with van der Waals surface area (Å²) in [6, 6.07) is 0. The number of nitrogens with two attached hydrogens (primary N) is 1. The predicted molar refractivity (Wildman–Crippen MR) is 62.1 cm³/mol. The van der Waals surface area contributed by atoms with Crippen molar-refractivity contribution < 1.29 is 8.42 Å². The molecule has 1 aliphatic rings. The van der Waals surface area contributed by atoms with Gasteiger partial charge in [-0.2, -0.15) is 4.31 Å². The number of nitrogens with zero attached hydrogens (tertiary/aromatic N) is 1. The molecule has 0 saturated heterocycles. The van der Waals surface area contributed by atoms with Crippen molar-refractivity contribution >= 4 is 10.0 Å². The summed E-state index contributed by atoms with van der Waals surface area (Å²) in [4.78, 5) is 0. The number of rotatable bonds is 5. The zero-order valence-corrected chi connectivity index (χ0v) is 10.5. The van der Waals surface area contributed by atoms with Crippen molar-refractivity contribution in [2.75, 3.05) is 19.3 Å². The summed E-state index contributed by atoms with van der Waals surface area (Å²) in [5.74, 6) is 0.227. The fourth-order valence-corrected chi connectivity index (χ4v) is 4.01. The summed E-state index contributed by atoms with van der Waals surface area (Å²) in [6.45, 7) is 2.32. The maximum absolute atomic E-state index is 12.0. The van der Waals surface area contributed by atoms with Gasteiger partial charge in [-0.1, -0.05) is 19.8 Å². The Bertz CT molecular complexity index is 295. The van der Waals surface area contributed by atoms with Crippen molar-refractivity contribution in [1.82, 2.24) is 4.31 Å². The molecular weight excluding hydrogens is 212 g/mol. The third kappa shape index (κ3) is 2.52. The average molecular weight is 234 g/mol. The largest absolute Gasteiger partial charge is 0.329 e. The van der Waals surface area contributed by atoms with Gasteiger partial charge < -0.3 is 5.73 Å². The molecule has 0 amide bonds. The molecule has 0 bridgehead atoms. The van der Waals surface area contributed by atoms with Gasteiger partial charge in [-0.05, 0) is 19.3 Å². The third-order valence-corrected chi connectivity index (χ3v) is 5.61.